The zero-order chi connectivity index (χ0) is 21.2. The molecule has 1 aliphatic heterocycles. The normalized spacial score (nSPS) is 14.1. The largest absolute Gasteiger partial charge is 0.495 e. The molecule has 1 N–H and O–H groups in total. The maximum absolute atomic E-state index is 12.9. The average molecular weight is 420 g/mol. The first-order valence-corrected chi connectivity index (χ1v) is 10.9. The number of hydrogen-bond acceptors (Lipinski definition) is 6. The monoisotopic (exact) mass is 420 g/mol. The fourth-order valence-electron chi connectivity index (χ4n) is 3.12. The number of methoxy groups -OCH3 is 1. The molecule has 9 heteroatoms. The second-order valence-corrected chi connectivity index (χ2v) is 8.62. The lowest BCUT2D eigenvalue weighted by Gasteiger charge is -2.29. The molecule has 0 aromatic heterocycles. The van der Waals surface area contributed by atoms with Crippen molar-refractivity contribution in [3.63, 3.8) is 0 Å². The molecule has 1 heterocycles. The predicted octanol–water partition coefficient (Wildman–Crippen LogP) is 2.57. The molecule has 1 atom stereocenters. The van der Waals surface area contributed by atoms with Gasteiger partial charge in [0.1, 0.15) is 25.0 Å². The lowest BCUT2D eigenvalue weighted by atomic mass is 10.2. The first kappa shape index (κ1) is 20.8. The summed E-state index contributed by atoms with van der Waals surface area (Å²) in [5.74, 6) is 1.00. The van der Waals surface area contributed by atoms with Gasteiger partial charge in [-0.15, -0.1) is 0 Å². The molecule has 2 aromatic rings. The molecule has 8 nitrogen and oxygen atoms in total. The molecule has 0 radical (unpaired) electrons. The second-order valence-electron chi connectivity index (χ2n) is 6.76. The van der Waals surface area contributed by atoms with Crippen LogP contribution in [0, 0.1) is 6.92 Å². The number of sulfonamides is 1. The molecule has 156 valence electrons. The van der Waals surface area contributed by atoms with Crippen LogP contribution in [0.25, 0.3) is 0 Å². The Hall–Kier alpha value is -2.94. The van der Waals surface area contributed by atoms with Crippen LogP contribution in [0.1, 0.15) is 12.5 Å². The Balaban J connectivity index is 1.90. The van der Waals surface area contributed by atoms with E-state index in [2.05, 4.69) is 5.32 Å². The number of aryl methyl sites for hydroxylation is 1. The maximum Gasteiger partial charge on any atom is 0.247 e. The summed E-state index contributed by atoms with van der Waals surface area (Å²) in [4.78, 5) is 12.9. The minimum absolute atomic E-state index is 0.305. The van der Waals surface area contributed by atoms with E-state index in [0.29, 0.717) is 41.8 Å². The second kappa shape index (κ2) is 8.20. The lowest BCUT2D eigenvalue weighted by Crippen LogP contribution is -2.45. The summed E-state index contributed by atoms with van der Waals surface area (Å²) in [6, 6.07) is 9.17. The highest BCUT2D eigenvalue weighted by atomic mass is 32.2. The van der Waals surface area contributed by atoms with Crippen molar-refractivity contribution in [2.75, 3.05) is 36.2 Å². The minimum Gasteiger partial charge on any atom is -0.495 e. The van der Waals surface area contributed by atoms with E-state index < -0.39 is 22.0 Å². The number of nitrogens with zero attached hydrogens (tertiary/aromatic N) is 1. The minimum atomic E-state index is -3.77. The topological polar surface area (TPSA) is 94.2 Å². The van der Waals surface area contributed by atoms with E-state index in [1.807, 2.05) is 13.0 Å². The Morgan fingerprint density at radius 1 is 1.14 bits per heavy atom. The molecule has 2 aromatic carbocycles. The smallest absolute Gasteiger partial charge is 0.247 e. The van der Waals surface area contributed by atoms with Crippen LogP contribution in [0.4, 0.5) is 11.4 Å². The van der Waals surface area contributed by atoms with Crippen molar-refractivity contribution in [3.05, 3.63) is 42.0 Å². The molecule has 0 saturated carbocycles. The van der Waals surface area contributed by atoms with Gasteiger partial charge in [0.05, 0.1) is 19.1 Å². The Kier molecular flexibility index (Phi) is 5.88. The Morgan fingerprint density at radius 3 is 2.48 bits per heavy atom. The van der Waals surface area contributed by atoms with Gasteiger partial charge in [-0.2, -0.15) is 0 Å². The first-order valence-electron chi connectivity index (χ1n) is 9.05. The highest BCUT2D eigenvalue weighted by Gasteiger charge is 2.31. The summed E-state index contributed by atoms with van der Waals surface area (Å²) in [5, 5.41) is 2.74. The predicted molar refractivity (Wildman–Crippen MR) is 111 cm³/mol. The van der Waals surface area contributed by atoms with Crippen LogP contribution in [0.15, 0.2) is 36.4 Å². The molecule has 3 rings (SSSR count). The molecule has 0 saturated heterocycles. The molecular formula is C20H24N2O6S. The van der Waals surface area contributed by atoms with E-state index in [1.54, 1.807) is 30.3 Å². The van der Waals surface area contributed by atoms with Gasteiger partial charge in [-0.05, 0) is 43.7 Å². The Bertz CT molecular complexity index is 1020. The van der Waals surface area contributed by atoms with Gasteiger partial charge in [0.15, 0.2) is 11.5 Å². The molecule has 0 aliphatic carbocycles. The number of amides is 1. The average Bonchev–Trinajstić information content (AvgIpc) is 2.67. The lowest BCUT2D eigenvalue weighted by molar-refractivity contribution is -0.116. The van der Waals surface area contributed by atoms with Gasteiger partial charge in [0.25, 0.3) is 0 Å². The van der Waals surface area contributed by atoms with Gasteiger partial charge in [-0.3, -0.25) is 9.10 Å². The number of anilines is 2. The summed E-state index contributed by atoms with van der Waals surface area (Å²) in [6.45, 7) is 4.26. The molecule has 0 spiro atoms. The number of ether oxygens (including phenoxy) is 3. The van der Waals surface area contributed by atoms with Crippen LogP contribution in [0.3, 0.4) is 0 Å². The van der Waals surface area contributed by atoms with Gasteiger partial charge < -0.3 is 19.5 Å². The van der Waals surface area contributed by atoms with Crippen LogP contribution < -0.4 is 23.8 Å². The highest BCUT2D eigenvalue weighted by molar-refractivity contribution is 7.92. The zero-order valence-electron chi connectivity index (χ0n) is 16.8. The molecule has 1 aliphatic rings. The van der Waals surface area contributed by atoms with Gasteiger partial charge >= 0.3 is 0 Å². The van der Waals surface area contributed by atoms with E-state index in [0.717, 1.165) is 16.1 Å². The van der Waals surface area contributed by atoms with E-state index in [4.69, 9.17) is 14.2 Å². The van der Waals surface area contributed by atoms with Crippen molar-refractivity contribution >= 4 is 27.3 Å². The number of carbonyl (C=O) groups excluding carboxylic acids is 1. The molecule has 0 bridgehead atoms. The fraction of sp³-hybridized carbons (Fsp3) is 0.350. The number of hydrogen-bond donors (Lipinski definition) is 1. The quantitative estimate of drug-likeness (QED) is 0.772. The van der Waals surface area contributed by atoms with E-state index >= 15 is 0 Å². The number of rotatable bonds is 6. The van der Waals surface area contributed by atoms with Gasteiger partial charge in [-0.25, -0.2) is 8.42 Å². The number of carbonyl (C=O) groups is 1. The third-order valence-electron chi connectivity index (χ3n) is 4.47. The molecular weight excluding hydrogens is 396 g/mol. The maximum atomic E-state index is 12.9. The van der Waals surface area contributed by atoms with Crippen LogP contribution in [0.5, 0.6) is 17.2 Å². The SMILES string of the molecule is COc1ccc(C)cc1N(C(C)C(=O)Nc1ccc2c(c1)OCCO2)S(C)(=O)=O. The highest BCUT2D eigenvalue weighted by Crippen LogP contribution is 2.34. The van der Waals surface area contributed by atoms with Crippen molar-refractivity contribution in [2.45, 2.75) is 19.9 Å². The summed E-state index contributed by atoms with van der Waals surface area (Å²) in [6.07, 6.45) is 1.06. The van der Waals surface area contributed by atoms with Crippen LogP contribution in [0.2, 0.25) is 0 Å². The molecule has 29 heavy (non-hydrogen) atoms. The van der Waals surface area contributed by atoms with Crippen LogP contribution >= 0.6 is 0 Å². The molecule has 0 fully saturated rings. The van der Waals surface area contributed by atoms with Crippen molar-refractivity contribution in [2.24, 2.45) is 0 Å². The van der Waals surface area contributed by atoms with Crippen molar-refractivity contribution in [1.82, 2.24) is 0 Å². The van der Waals surface area contributed by atoms with Gasteiger partial charge in [0, 0.05) is 11.8 Å². The summed E-state index contributed by atoms with van der Waals surface area (Å²) < 4.78 is 42.5. The Labute approximate surface area is 170 Å². The first-order chi connectivity index (χ1) is 13.7. The zero-order valence-corrected chi connectivity index (χ0v) is 17.6. The Morgan fingerprint density at radius 2 is 1.83 bits per heavy atom. The van der Waals surface area contributed by atoms with E-state index in [9.17, 15) is 13.2 Å². The number of fused-ring (bicyclic) bond motifs is 1. The van der Waals surface area contributed by atoms with Crippen LogP contribution in [-0.4, -0.2) is 46.9 Å². The third-order valence-corrected chi connectivity index (χ3v) is 5.70. The third kappa shape index (κ3) is 4.56. The summed E-state index contributed by atoms with van der Waals surface area (Å²) in [7, 11) is -2.32. The van der Waals surface area contributed by atoms with Gasteiger partial charge in [0.2, 0.25) is 15.9 Å². The molecule has 1 unspecified atom stereocenters. The summed E-state index contributed by atoms with van der Waals surface area (Å²) >= 11 is 0. The van der Waals surface area contributed by atoms with Crippen LogP contribution in [-0.2, 0) is 14.8 Å². The van der Waals surface area contributed by atoms with Crippen molar-refractivity contribution in [1.29, 1.82) is 0 Å². The number of nitrogens with one attached hydrogen (secondary N) is 1. The molecule has 1 amide bonds. The van der Waals surface area contributed by atoms with Gasteiger partial charge in [-0.1, -0.05) is 6.07 Å². The fourth-order valence-corrected chi connectivity index (χ4v) is 4.29. The van der Waals surface area contributed by atoms with E-state index in [1.165, 1.54) is 14.0 Å². The number of benzene rings is 2. The summed E-state index contributed by atoms with van der Waals surface area (Å²) in [5.41, 5.74) is 1.63. The van der Waals surface area contributed by atoms with E-state index in [-0.39, 0.29) is 0 Å². The van der Waals surface area contributed by atoms with Crippen molar-refractivity contribution < 1.29 is 27.4 Å². The van der Waals surface area contributed by atoms with Crippen molar-refractivity contribution in [3.8, 4) is 17.2 Å². The standard InChI is InChI=1S/C20H24N2O6S/c1-13-5-7-17(26-3)16(11-13)22(29(4,24)25)14(2)20(23)21-15-6-8-18-19(12-15)28-10-9-27-18/h5-8,11-12,14H,9-10H2,1-4H3,(H,21,23).